The van der Waals surface area contributed by atoms with Crippen LogP contribution in [0.1, 0.15) is 93.4 Å². The number of ketones is 1. The number of nitriles is 1. The Labute approximate surface area is 211 Å². The molecule has 9 atom stereocenters. The molecule has 0 heterocycles. The summed E-state index contributed by atoms with van der Waals surface area (Å²) >= 11 is 0. The molecule has 192 valence electrons. The van der Waals surface area contributed by atoms with E-state index in [4.69, 9.17) is 0 Å². The maximum absolute atomic E-state index is 14.2. The molecule has 5 aliphatic rings. The van der Waals surface area contributed by atoms with Gasteiger partial charge in [0.1, 0.15) is 0 Å². The molecule has 3 saturated carbocycles. The van der Waals surface area contributed by atoms with Gasteiger partial charge in [0.05, 0.1) is 17.7 Å². The first-order valence-corrected chi connectivity index (χ1v) is 13.8. The Morgan fingerprint density at radius 1 is 1.03 bits per heavy atom. The van der Waals surface area contributed by atoms with Gasteiger partial charge in [-0.15, -0.1) is 0 Å². The van der Waals surface area contributed by atoms with E-state index in [0.29, 0.717) is 5.57 Å². The van der Waals surface area contributed by atoms with Crippen molar-refractivity contribution < 1.29 is 15.0 Å². The Bertz CT molecular complexity index is 1070. The summed E-state index contributed by atoms with van der Waals surface area (Å²) in [6.07, 6.45) is 10.4. The van der Waals surface area contributed by atoms with Gasteiger partial charge in [0.15, 0.2) is 5.78 Å². The molecule has 0 amide bonds. The smallest absolute Gasteiger partial charge is 0.159 e. The maximum atomic E-state index is 14.2. The molecule has 0 aromatic rings. The molecular formula is C31H45NO3. The van der Waals surface area contributed by atoms with Crippen molar-refractivity contribution in [2.45, 2.75) is 99.5 Å². The summed E-state index contributed by atoms with van der Waals surface area (Å²) in [5.74, 6) is 0.698. The number of carbonyl (C=O) groups is 1. The van der Waals surface area contributed by atoms with Gasteiger partial charge < -0.3 is 10.2 Å². The van der Waals surface area contributed by atoms with Crippen molar-refractivity contribution in [1.29, 1.82) is 5.26 Å². The molecule has 0 bridgehead atoms. The summed E-state index contributed by atoms with van der Waals surface area (Å²) in [4.78, 5) is 14.2. The number of hydrogen-bond acceptors (Lipinski definition) is 4. The third kappa shape index (κ3) is 3.01. The number of allylic oxidation sites excluding steroid dienone is 3. The van der Waals surface area contributed by atoms with E-state index in [2.05, 4.69) is 54.5 Å². The molecule has 4 heteroatoms. The number of rotatable bonds is 1. The zero-order chi connectivity index (χ0) is 25.8. The molecule has 35 heavy (non-hydrogen) atoms. The van der Waals surface area contributed by atoms with E-state index in [-0.39, 0.29) is 51.8 Å². The monoisotopic (exact) mass is 479 g/mol. The largest absolute Gasteiger partial charge is 0.396 e. The lowest BCUT2D eigenvalue weighted by atomic mass is 9.34. The number of aliphatic hydroxyl groups is 2. The van der Waals surface area contributed by atoms with Crippen LogP contribution in [0.15, 0.2) is 23.3 Å². The molecule has 0 saturated heterocycles. The Balaban J connectivity index is 1.67. The van der Waals surface area contributed by atoms with E-state index in [1.165, 1.54) is 5.57 Å². The van der Waals surface area contributed by atoms with Crippen LogP contribution in [0.5, 0.6) is 0 Å². The van der Waals surface area contributed by atoms with Crippen LogP contribution < -0.4 is 0 Å². The molecule has 3 fully saturated rings. The van der Waals surface area contributed by atoms with Gasteiger partial charge >= 0.3 is 0 Å². The minimum Gasteiger partial charge on any atom is -0.396 e. The molecule has 0 aliphatic heterocycles. The summed E-state index contributed by atoms with van der Waals surface area (Å²) in [5.41, 5.74) is 0.546. The normalized spacial score (nSPS) is 52.6. The first-order chi connectivity index (χ1) is 16.1. The van der Waals surface area contributed by atoms with Crippen LogP contribution in [0.4, 0.5) is 0 Å². The Hall–Kier alpha value is -1.44. The molecule has 4 nitrogen and oxygen atoms in total. The molecule has 5 aliphatic carbocycles. The number of aliphatic hydroxyl groups excluding tert-OH is 2. The number of carbonyl (C=O) groups excluding carboxylic acids is 1. The predicted molar refractivity (Wildman–Crippen MR) is 137 cm³/mol. The molecule has 5 rings (SSSR count). The highest BCUT2D eigenvalue weighted by molar-refractivity contribution is 5.95. The van der Waals surface area contributed by atoms with Gasteiger partial charge in [-0.05, 0) is 89.9 Å². The summed E-state index contributed by atoms with van der Waals surface area (Å²) in [5, 5.41) is 31.1. The second-order valence-corrected chi connectivity index (χ2v) is 14.9. The van der Waals surface area contributed by atoms with Crippen molar-refractivity contribution >= 4 is 5.78 Å². The van der Waals surface area contributed by atoms with Gasteiger partial charge in [-0.25, -0.2) is 0 Å². The van der Waals surface area contributed by atoms with Gasteiger partial charge in [-0.2, -0.15) is 5.26 Å². The Morgan fingerprint density at radius 3 is 2.31 bits per heavy atom. The van der Waals surface area contributed by atoms with E-state index in [1.54, 1.807) is 0 Å². The second-order valence-electron chi connectivity index (χ2n) is 14.9. The summed E-state index contributed by atoms with van der Waals surface area (Å²) in [7, 11) is 0. The first kappa shape index (κ1) is 25.2. The lowest BCUT2D eigenvalue weighted by molar-refractivity contribution is -0.172. The highest BCUT2D eigenvalue weighted by Crippen LogP contribution is 2.74. The number of hydrogen-bond donors (Lipinski definition) is 2. The zero-order valence-electron chi connectivity index (χ0n) is 22.9. The molecule has 2 N–H and O–H groups in total. The fourth-order valence-electron chi connectivity index (χ4n) is 10.1. The minimum absolute atomic E-state index is 0.0251. The number of fused-ring (bicyclic) bond motifs is 7. The summed E-state index contributed by atoms with van der Waals surface area (Å²) in [6, 6.07) is 2.29. The topological polar surface area (TPSA) is 81.3 Å². The predicted octanol–water partition coefficient (Wildman–Crippen LogP) is 5.99. The zero-order valence-corrected chi connectivity index (χ0v) is 22.9. The van der Waals surface area contributed by atoms with Crippen molar-refractivity contribution in [1.82, 2.24) is 0 Å². The lowest BCUT2D eigenvalue weighted by Gasteiger charge is -2.69. The molecular weight excluding hydrogens is 434 g/mol. The standard InChI is InChI=1S/C31H45NO3/c1-26(2)22-8-9-30(6)23(29(22,5)15-19(17-32)25(26)35)14-21(34)24-20-16-27(3,18-33)10-11-28(20,4)12-13-31(24,30)7/h14-15,20,22,24-25,33,35H,8-13,16,18H2,1-7H3/t20-,22-,24-,25?,27?,28+,29-,30+,31+/m0/s1. The van der Waals surface area contributed by atoms with Crippen molar-refractivity contribution in [3.05, 3.63) is 23.3 Å². The average Bonchev–Trinajstić information content (AvgIpc) is 2.79. The van der Waals surface area contributed by atoms with E-state index in [9.17, 15) is 20.3 Å². The summed E-state index contributed by atoms with van der Waals surface area (Å²) in [6.45, 7) is 16.0. The second kappa shape index (κ2) is 7.32. The van der Waals surface area contributed by atoms with Crippen LogP contribution in [0.2, 0.25) is 0 Å². The highest BCUT2D eigenvalue weighted by atomic mass is 16.3. The van der Waals surface area contributed by atoms with E-state index >= 15 is 0 Å². The van der Waals surface area contributed by atoms with Gasteiger partial charge in [0.25, 0.3) is 0 Å². The van der Waals surface area contributed by atoms with Gasteiger partial charge in [-0.1, -0.05) is 60.1 Å². The SMILES string of the molecule is CC1(CO)CC[C@]2(C)CC[C@]3(C)[C@H](C(=O)C=C4[C@@]5(C)C=C(C#N)C(O)C(C)(C)[C@@H]5CC[C@]43C)[C@@H]2C1. The lowest BCUT2D eigenvalue weighted by Crippen LogP contribution is -2.64. The quantitative estimate of drug-likeness (QED) is 0.484. The third-order valence-corrected chi connectivity index (χ3v) is 12.8. The summed E-state index contributed by atoms with van der Waals surface area (Å²) < 4.78 is 0. The third-order valence-electron chi connectivity index (χ3n) is 12.8. The molecule has 0 aromatic carbocycles. The van der Waals surface area contributed by atoms with Crippen molar-refractivity contribution in [2.24, 2.45) is 50.2 Å². The van der Waals surface area contributed by atoms with Gasteiger partial charge in [0, 0.05) is 17.9 Å². The van der Waals surface area contributed by atoms with Crippen LogP contribution in [0.25, 0.3) is 0 Å². The minimum atomic E-state index is -0.771. The van der Waals surface area contributed by atoms with Crippen molar-refractivity contribution in [2.75, 3.05) is 6.61 Å². The molecule has 0 radical (unpaired) electrons. The van der Waals surface area contributed by atoms with E-state index in [0.717, 1.165) is 44.9 Å². The Morgan fingerprint density at radius 2 is 1.69 bits per heavy atom. The van der Waals surface area contributed by atoms with E-state index in [1.807, 2.05) is 12.2 Å². The molecule has 2 unspecified atom stereocenters. The average molecular weight is 480 g/mol. The van der Waals surface area contributed by atoms with Gasteiger partial charge in [-0.3, -0.25) is 4.79 Å². The molecule has 0 aromatic heterocycles. The van der Waals surface area contributed by atoms with Crippen LogP contribution in [-0.4, -0.2) is 28.7 Å². The highest BCUT2D eigenvalue weighted by Gasteiger charge is 2.69. The molecule has 0 spiro atoms. The number of nitrogens with zero attached hydrogens (tertiary/aromatic N) is 1. The maximum Gasteiger partial charge on any atom is 0.159 e. The van der Waals surface area contributed by atoms with E-state index < -0.39 is 16.9 Å². The van der Waals surface area contributed by atoms with Crippen molar-refractivity contribution in [3.63, 3.8) is 0 Å². The fraction of sp³-hybridized carbons (Fsp3) is 0.806. The van der Waals surface area contributed by atoms with Crippen LogP contribution in [0, 0.1) is 61.6 Å². The van der Waals surface area contributed by atoms with Crippen LogP contribution >= 0.6 is 0 Å². The van der Waals surface area contributed by atoms with Crippen molar-refractivity contribution in [3.8, 4) is 6.07 Å². The Kier molecular flexibility index (Phi) is 5.27. The van der Waals surface area contributed by atoms with Crippen LogP contribution in [0.3, 0.4) is 0 Å². The van der Waals surface area contributed by atoms with Gasteiger partial charge in [0.2, 0.25) is 0 Å². The fourth-order valence-corrected chi connectivity index (χ4v) is 10.1. The first-order valence-electron chi connectivity index (χ1n) is 13.8. The van der Waals surface area contributed by atoms with Crippen LogP contribution in [-0.2, 0) is 4.79 Å².